The molecule has 2 bridgehead atoms. The van der Waals surface area contributed by atoms with E-state index in [0.717, 1.165) is 13.0 Å². The number of aromatic nitrogens is 3. The number of aliphatic hydroxyl groups is 1. The lowest BCUT2D eigenvalue weighted by Gasteiger charge is -2.31. The molecule has 2 fully saturated rings. The summed E-state index contributed by atoms with van der Waals surface area (Å²) in [7, 11) is 0. The number of nitrogens with one attached hydrogen (secondary N) is 2. The van der Waals surface area contributed by atoms with Crippen molar-refractivity contribution in [3.05, 3.63) is 41.0 Å². The first-order valence-electron chi connectivity index (χ1n) is 10.2. The second-order valence-corrected chi connectivity index (χ2v) is 8.29. The molecule has 1 saturated carbocycles. The topological polar surface area (TPSA) is 112 Å². The van der Waals surface area contributed by atoms with Gasteiger partial charge in [0.1, 0.15) is 5.82 Å². The number of fused-ring (bicyclic) bond motifs is 3. The highest BCUT2D eigenvalue weighted by Crippen LogP contribution is 2.39. The van der Waals surface area contributed by atoms with Crippen LogP contribution in [0.25, 0.3) is 0 Å². The fourth-order valence-corrected chi connectivity index (χ4v) is 4.90. The Hall–Kier alpha value is -3.01. The van der Waals surface area contributed by atoms with Crippen LogP contribution in [0.3, 0.4) is 0 Å². The number of anilines is 1. The number of carbonyl (C=O) groups is 2. The predicted molar refractivity (Wildman–Crippen MR) is 104 cm³/mol. The molecular formula is C20H23FN6O3. The van der Waals surface area contributed by atoms with Crippen LogP contribution in [-0.4, -0.2) is 67.9 Å². The normalized spacial score (nSPS) is 27.0. The molecule has 2 aromatic rings. The Morgan fingerprint density at radius 2 is 2.17 bits per heavy atom. The third-order valence-corrected chi connectivity index (χ3v) is 6.16. The van der Waals surface area contributed by atoms with E-state index in [-0.39, 0.29) is 23.2 Å². The van der Waals surface area contributed by atoms with Crippen LogP contribution >= 0.6 is 0 Å². The molecule has 1 aromatic carbocycles. The minimum atomic E-state index is -0.752. The third-order valence-electron chi connectivity index (χ3n) is 6.16. The average Bonchev–Trinajstić information content (AvgIpc) is 3.37. The molecule has 1 saturated heterocycles. The van der Waals surface area contributed by atoms with Crippen molar-refractivity contribution in [1.29, 1.82) is 0 Å². The molecule has 3 aliphatic rings. The van der Waals surface area contributed by atoms with Crippen molar-refractivity contribution in [2.75, 3.05) is 18.4 Å². The van der Waals surface area contributed by atoms with Gasteiger partial charge in [0.25, 0.3) is 11.8 Å². The molecule has 0 spiro atoms. The van der Waals surface area contributed by atoms with E-state index < -0.39 is 29.9 Å². The lowest BCUT2D eigenvalue weighted by atomic mass is 10.1. The summed E-state index contributed by atoms with van der Waals surface area (Å²) in [5, 5.41) is 20.8. The van der Waals surface area contributed by atoms with Gasteiger partial charge >= 0.3 is 0 Å². The Balaban J connectivity index is 1.35. The van der Waals surface area contributed by atoms with E-state index in [1.54, 1.807) is 22.6 Å². The molecule has 3 heterocycles. The molecule has 4 atom stereocenters. The molecule has 5 rings (SSSR count). The molecule has 2 amide bonds. The van der Waals surface area contributed by atoms with Crippen LogP contribution in [0.5, 0.6) is 0 Å². The Morgan fingerprint density at radius 3 is 2.93 bits per heavy atom. The molecule has 158 valence electrons. The van der Waals surface area contributed by atoms with E-state index in [0.29, 0.717) is 31.0 Å². The highest BCUT2D eigenvalue weighted by atomic mass is 19.1. The first kappa shape index (κ1) is 19.0. The number of benzene rings is 1. The number of piperidine rings is 1. The van der Waals surface area contributed by atoms with Gasteiger partial charge in [0.15, 0.2) is 0 Å². The standard InChI is InChI=1S/C20H23FN6O3/c1-10-5-11(7-13(21)6-10)19(30)26-9-12-8-14(28)16(26)15(12)23-18(29)17-24-20-22-3-2-4-27(20)25-17/h5-7,12,14-16,28H,2-4,8-9H2,1H3,(H,23,29)(H,22,24,25)/t12-,14+,15-,16-/m0/s1. The number of rotatable bonds is 3. The van der Waals surface area contributed by atoms with Gasteiger partial charge in [0.05, 0.1) is 18.2 Å². The van der Waals surface area contributed by atoms with Gasteiger partial charge < -0.3 is 20.6 Å². The molecule has 30 heavy (non-hydrogen) atoms. The van der Waals surface area contributed by atoms with Crippen LogP contribution in [0, 0.1) is 18.7 Å². The fourth-order valence-electron chi connectivity index (χ4n) is 4.90. The number of nitrogens with zero attached hydrogens (tertiary/aromatic N) is 4. The van der Waals surface area contributed by atoms with Gasteiger partial charge in [0, 0.05) is 31.1 Å². The van der Waals surface area contributed by atoms with Gasteiger partial charge in [-0.2, -0.15) is 4.98 Å². The number of carbonyl (C=O) groups excluding carboxylic acids is 2. The van der Waals surface area contributed by atoms with Crippen molar-refractivity contribution in [3.8, 4) is 0 Å². The molecule has 10 heteroatoms. The highest BCUT2D eigenvalue weighted by Gasteiger charge is 2.54. The number of hydrogen-bond donors (Lipinski definition) is 3. The lowest BCUT2D eigenvalue weighted by Crippen LogP contribution is -2.50. The third kappa shape index (κ3) is 3.11. The molecule has 1 aromatic heterocycles. The first-order valence-corrected chi connectivity index (χ1v) is 10.2. The lowest BCUT2D eigenvalue weighted by molar-refractivity contribution is 0.0384. The number of aryl methyl sites for hydroxylation is 2. The molecule has 0 unspecified atom stereocenters. The van der Waals surface area contributed by atoms with Gasteiger partial charge in [-0.05, 0) is 43.5 Å². The molecule has 0 radical (unpaired) electrons. The molecule has 1 aliphatic carbocycles. The zero-order chi connectivity index (χ0) is 21.0. The number of hydrogen-bond acceptors (Lipinski definition) is 6. The van der Waals surface area contributed by atoms with Crippen molar-refractivity contribution in [1.82, 2.24) is 25.0 Å². The summed E-state index contributed by atoms with van der Waals surface area (Å²) in [6.45, 7) is 3.61. The highest BCUT2D eigenvalue weighted by molar-refractivity contribution is 5.95. The second kappa shape index (κ2) is 7.05. The van der Waals surface area contributed by atoms with Gasteiger partial charge in [-0.3, -0.25) is 9.59 Å². The number of likely N-dealkylation sites (tertiary alicyclic amines) is 1. The maximum absolute atomic E-state index is 13.8. The van der Waals surface area contributed by atoms with Gasteiger partial charge in [-0.15, -0.1) is 5.10 Å². The van der Waals surface area contributed by atoms with E-state index in [2.05, 4.69) is 20.7 Å². The Kier molecular flexibility index (Phi) is 4.46. The predicted octanol–water partition coefficient (Wildman–Crippen LogP) is 0.545. The summed E-state index contributed by atoms with van der Waals surface area (Å²) in [5.41, 5.74) is 0.892. The van der Waals surface area contributed by atoms with Crippen molar-refractivity contribution < 1.29 is 19.1 Å². The largest absolute Gasteiger partial charge is 0.391 e. The van der Waals surface area contributed by atoms with Crippen molar-refractivity contribution in [2.24, 2.45) is 5.92 Å². The second-order valence-electron chi connectivity index (χ2n) is 8.29. The summed E-state index contributed by atoms with van der Waals surface area (Å²) in [6.07, 6.45) is 0.654. The van der Waals surface area contributed by atoms with E-state index in [4.69, 9.17) is 0 Å². The van der Waals surface area contributed by atoms with Gasteiger partial charge in [-0.25, -0.2) is 9.07 Å². The van der Waals surface area contributed by atoms with E-state index in [1.807, 2.05) is 0 Å². The van der Waals surface area contributed by atoms with Crippen LogP contribution < -0.4 is 10.6 Å². The van der Waals surface area contributed by atoms with Crippen LogP contribution in [0.15, 0.2) is 18.2 Å². The van der Waals surface area contributed by atoms with E-state index in [1.165, 1.54) is 12.1 Å². The monoisotopic (exact) mass is 414 g/mol. The first-order chi connectivity index (χ1) is 14.4. The quantitative estimate of drug-likeness (QED) is 0.676. The summed E-state index contributed by atoms with van der Waals surface area (Å²) < 4.78 is 15.4. The average molecular weight is 414 g/mol. The Morgan fingerprint density at radius 1 is 1.33 bits per heavy atom. The van der Waals surface area contributed by atoms with Gasteiger partial charge in [0.2, 0.25) is 11.8 Å². The van der Waals surface area contributed by atoms with Gasteiger partial charge in [-0.1, -0.05) is 0 Å². The summed E-state index contributed by atoms with van der Waals surface area (Å²) in [5.74, 6) is -0.691. The minimum absolute atomic E-state index is 0.0684. The van der Waals surface area contributed by atoms with E-state index in [9.17, 15) is 19.1 Å². The van der Waals surface area contributed by atoms with Crippen molar-refractivity contribution in [3.63, 3.8) is 0 Å². The van der Waals surface area contributed by atoms with Crippen molar-refractivity contribution in [2.45, 2.75) is 44.5 Å². The summed E-state index contributed by atoms with van der Waals surface area (Å²) >= 11 is 0. The SMILES string of the molecule is Cc1cc(F)cc(C(=O)N2C[C@@H]3C[C@@H](O)[C@H]2[C@H]3NC(=O)c2nc3n(n2)CCCN3)c1. The van der Waals surface area contributed by atoms with Crippen LogP contribution in [0.2, 0.25) is 0 Å². The number of amides is 2. The molecule has 3 N–H and O–H groups in total. The molecular weight excluding hydrogens is 391 g/mol. The van der Waals surface area contributed by atoms with E-state index >= 15 is 0 Å². The van der Waals surface area contributed by atoms with Crippen LogP contribution in [0.4, 0.5) is 10.3 Å². The Labute approximate surface area is 172 Å². The summed E-state index contributed by atoms with van der Waals surface area (Å²) in [4.78, 5) is 31.6. The minimum Gasteiger partial charge on any atom is -0.391 e. The zero-order valence-corrected chi connectivity index (χ0v) is 16.5. The Bertz CT molecular complexity index is 980. The molecule has 9 nitrogen and oxygen atoms in total. The number of halogens is 1. The molecule has 2 aliphatic heterocycles. The smallest absolute Gasteiger partial charge is 0.291 e. The van der Waals surface area contributed by atoms with Crippen LogP contribution in [-0.2, 0) is 6.54 Å². The maximum atomic E-state index is 13.8. The zero-order valence-electron chi connectivity index (χ0n) is 16.5. The van der Waals surface area contributed by atoms with Crippen LogP contribution in [0.1, 0.15) is 39.4 Å². The maximum Gasteiger partial charge on any atom is 0.291 e. The van der Waals surface area contributed by atoms with Crippen molar-refractivity contribution >= 4 is 17.8 Å². The number of aliphatic hydroxyl groups excluding tert-OH is 1. The summed E-state index contributed by atoms with van der Waals surface area (Å²) in [6, 6.07) is 3.22. The fraction of sp³-hybridized carbons (Fsp3) is 0.500.